The molecular weight excluding hydrogens is 401 g/mol. The average Bonchev–Trinajstić information content (AvgIpc) is 2.29. The predicted octanol–water partition coefficient (Wildman–Crippen LogP) is 6.13. The van der Waals surface area contributed by atoms with Gasteiger partial charge in [0.05, 0.1) is 0 Å². The number of halogens is 4. The summed E-state index contributed by atoms with van der Waals surface area (Å²) >= 11 is 18.9. The molecule has 0 saturated carbocycles. The Balaban J connectivity index is 2.13. The van der Waals surface area contributed by atoms with Crippen LogP contribution in [-0.2, 0) is 6.54 Å². The van der Waals surface area contributed by atoms with E-state index in [1.165, 1.54) is 0 Å². The van der Waals surface area contributed by atoms with Gasteiger partial charge < -0.3 is 5.32 Å². The highest BCUT2D eigenvalue weighted by atomic mass is 79.9. The van der Waals surface area contributed by atoms with Gasteiger partial charge in [0.2, 0.25) is 0 Å². The van der Waals surface area contributed by atoms with E-state index in [4.69, 9.17) is 23.2 Å². The second-order valence-electron chi connectivity index (χ2n) is 3.76. The van der Waals surface area contributed by atoms with Crippen LogP contribution in [0.3, 0.4) is 0 Å². The summed E-state index contributed by atoms with van der Waals surface area (Å²) in [5.74, 6) is 0. The third-order valence-corrected chi connectivity index (χ3v) is 3.95. The molecule has 0 heterocycles. The molecule has 0 saturated heterocycles. The summed E-state index contributed by atoms with van der Waals surface area (Å²) in [4.78, 5) is 0. The van der Waals surface area contributed by atoms with Gasteiger partial charge in [0.25, 0.3) is 0 Å². The molecule has 0 amide bonds. The minimum atomic E-state index is 0.646. The summed E-state index contributed by atoms with van der Waals surface area (Å²) < 4.78 is 2.04. The second kappa shape index (κ2) is 6.29. The first-order valence-corrected chi connectivity index (χ1v) is 7.53. The Morgan fingerprint density at radius 1 is 0.944 bits per heavy atom. The molecule has 0 aromatic heterocycles. The summed E-state index contributed by atoms with van der Waals surface area (Å²) in [7, 11) is 0. The first-order chi connectivity index (χ1) is 8.54. The standard InChI is InChI=1S/C13H9Br2Cl2N/c14-9-1-2-12(15)13(5-9)18-7-8-3-10(16)6-11(17)4-8/h1-6,18H,7H2. The Hall–Kier alpha value is -0.220. The van der Waals surface area contributed by atoms with Gasteiger partial charge in [-0.25, -0.2) is 0 Å². The Morgan fingerprint density at radius 3 is 2.28 bits per heavy atom. The van der Waals surface area contributed by atoms with E-state index < -0.39 is 0 Å². The lowest BCUT2D eigenvalue weighted by atomic mass is 10.2. The van der Waals surface area contributed by atoms with Crippen LogP contribution in [0.25, 0.3) is 0 Å². The molecule has 1 N–H and O–H groups in total. The SMILES string of the molecule is Clc1cc(Cl)cc(CNc2cc(Br)ccc2Br)c1. The van der Waals surface area contributed by atoms with E-state index >= 15 is 0 Å². The number of rotatable bonds is 3. The van der Waals surface area contributed by atoms with E-state index in [2.05, 4.69) is 37.2 Å². The van der Waals surface area contributed by atoms with Crippen molar-refractivity contribution in [2.75, 3.05) is 5.32 Å². The molecular formula is C13H9Br2Cl2N. The smallest absolute Gasteiger partial charge is 0.0498 e. The monoisotopic (exact) mass is 407 g/mol. The number of benzene rings is 2. The molecule has 0 aliphatic rings. The normalized spacial score (nSPS) is 10.4. The highest BCUT2D eigenvalue weighted by Crippen LogP contribution is 2.27. The van der Waals surface area contributed by atoms with Gasteiger partial charge in [-0.2, -0.15) is 0 Å². The third-order valence-electron chi connectivity index (χ3n) is 2.33. The Bertz CT molecular complexity index is 553. The van der Waals surface area contributed by atoms with Crippen LogP contribution in [0.2, 0.25) is 10.0 Å². The molecule has 2 aromatic rings. The largest absolute Gasteiger partial charge is 0.380 e. The maximum Gasteiger partial charge on any atom is 0.0498 e. The van der Waals surface area contributed by atoms with Crippen molar-refractivity contribution in [2.24, 2.45) is 0 Å². The molecule has 5 heteroatoms. The van der Waals surface area contributed by atoms with Gasteiger partial charge in [-0.3, -0.25) is 0 Å². The second-order valence-corrected chi connectivity index (χ2v) is 6.40. The maximum absolute atomic E-state index is 5.96. The van der Waals surface area contributed by atoms with Crippen LogP contribution in [-0.4, -0.2) is 0 Å². The Morgan fingerprint density at radius 2 is 1.61 bits per heavy atom. The molecule has 0 radical (unpaired) electrons. The van der Waals surface area contributed by atoms with Gasteiger partial charge in [0.15, 0.2) is 0 Å². The molecule has 0 atom stereocenters. The summed E-state index contributed by atoms with van der Waals surface area (Å²) in [6.45, 7) is 0.662. The molecule has 1 nitrogen and oxygen atoms in total. The topological polar surface area (TPSA) is 12.0 Å². The third kappa shape index (κ3) is 3.89. The van der Waals surface area contributed by atoms with Gasteiger partial charge in [-0.15, -0.1) is 0 Å². The molecule has 0 bridgehead atoms. The lowest BCUT2D eigenvalue weighted by Crippen LogP contribution is -2.00. The van der Waals surface area contributed by atoms with E-state index in [-0.39, 0.29) is 0 Å². The number of hydrogen-bond donors (Lipinski definition) is 1. The van der Waals surface area contributed by atoms with E-state index in [1.54, 1.807) is 6.07 Å². The molecule has 94 valence electrons. The molecule has 0 unspecified atom stereocenters. The lowest BCUT2D eigenvalue weighted by molar-refractivity contribution is 1.14. The van der Waals surface area contributed by atoms with Crippen molar-refractivity contribution < 1.29 is 0 Å². The molecule has 0 aliphatic carbocycles. The van der Waals surface area contributed by atoms with Crippen LogP contribution in [0.15, 0.2) is 45.3 Å². The van der Waals surface area contributed by atoms with Crippen LogP contribution < -0.4 is 5.32 Å². The van der Waals surface area contributed by atoms with Crippen LogP contribution in [0.1, 0.15) is 5.56 Å². The predicted molar refractivity (Wildman–Crippen MR) is 85.6 cm³/mol. The fourth-order valence-corrected chi connectivity index (χ4v) is 2.86. The zero-order chi connectivity index (χ0) is 13.1. The number of nitrogens with one attached hydrogen (secondary N) is 1. The van der Waals surface area contributed by atoms with Crippen molar-refractivity contribution in [3.8, 4) is 0 Å². The van der Waals surface area contributed by atoms with Crippen LogP contribution in [0.4, 0.5) is 5.69 Å². The first kappa shape index (κ1) is 14.2. The summed E-state index contributed by atoms with van der Waals surface area (Å²) in [5, 5.41) is 4.62. The van der Waals surface area contributed by atoms with Crippen molar-refractivity contribution in [3.63, 3.8) is 0 Å². The van der Waals surface area contributed by atoms with E-state index in [9.17, 15) is 0 Å². The Labute approximate surface area is 133 Å². The van der Waals surface area contributed by atoms with Crippen molar-refractivity contribution in [1.29, 1.82) is 0 Å². The van der Waals surface area contributed by atoms with Gasteiger partial charge in [-0.1, -0.05) is 39.1 Å². The van der Waals surface area contributed by atoms with E-state index in [1.807, 2.05) is 30.3 Å². The van der Waals surface area contributed by atoms with Gasteiger partial charge in [-0.05, 0) is 57.9 Å². The molecule has 0 fully saturated rings. The molecule has 2 aromatic carbocycles. The fraction of sp³-hybridized carbons (Fsp3) is 0.0769. The quantitative estimate of drug-likeness (QED) is 0.642. The highest BCUT2D eigenvalue weighted by Gasteiger charge is 2.02. The van der Waals surface area contributed by atoms with E-state index in [0.717, 1.165) is 20.2 Å². The van der Waals surface area contributed by atoms with Crippen molar-refractivity contribution >= 4 is 60.7 Å². The van der Waals surface area contributed by atoms with Crippen LogP contribution in [0, 0.1) is 0 Å². The van der Waals surface area contributed by atoms with Gasteiger partial charge >= 0.3 is 0 Å². The molecule has 0 spiro atoms. The lowest BCUT2D eigenvalue weighted by Gasteiger charge is -2.10. The summed E-state index contributed by atoms with van der Waals surface area (Å²) in [6, 6.07) is 11.5. The zero-order valence-electron chi connectivity index (χ0n) is 9.18. The highest BCUT2D eigenvalue weighted by molar-refractivity contribution is 9.11. The zero-order valence-corrected chi connectivity index (χ0v) is 13.9. The van der Waals surface area contributed by atoms with E-state index in [0.29, 0.717) is 16.6 Å². The average molecular weight is 410 g/mol. The minimum absolute atomic E-state index is 0.646. The summed E-state index contributed by atoms with van der Waals surface area (Å²) in [6.07, 6.45) is 0. The Kier molecular flexibility index (Phi) is 4.96. The molecule has 0 aliphatic heterocycles. The van der Waals surface area contributed by atoms with Crippen molar-refractivity contribution in [2.45, 2.75) is 6.54 Å². The van der Waals surface area contributed by atoms with Gasteiger partial charge in [0.1, 0.15) is 0 Å². The summed E-state index contributed by atoms with van der Waals surface area (Å²) in [5.41, 5.74) is 2.06. The van der Waals surface area contributed by atoms with Crippen LogP contribution in [0.5, 0.6) is 0 Å². The molecule has 18 heavy (non-hydrogen) atoms. The molecule has 2 rings (SSSR count). The number of anilines is 1. The maximum atomic E-state index is 5.96. The van der Waals surface area contributed by atoms with Crippen LogP contribution >= 0.6 is 55.1 Å². The van der Waals surface area contributed by atoms with Crippen molar-refractivity contribution in [3.05, 3.63) is 61.0 Å². The van der Waals surface area contributed by atoms with Gasteiger partial charge in [0, 0.05) is 31.2 Å². The fourth-order valence-electron chi connectivity index (χ4n) is 1.54. The van der Waals surface area contributed by atoms with Crippen molar-refractivity contribution in [1.82, 2.24) is 0 Å². The minimum Gasteiger partial charge on any atom is -0.380 e. The number of hydrogen-bond acceptors (Lipinski definition) is 1. The first-order valence-electron chi connectivity index (χ1n) is 5.18.